The minimum absolute atomic E-state index is 0. The van der Waals surface area contributed by atoms with Crippen molar-refractivity contribution in [1.29, 1.82) is 5.53 Å². The third-order valence-electron chi connectivity index (χ3n) is 7.46. The molecule has 22 nitrogen and oxygen atoms in total. The fourth-order valence-electron chi connectivity index (χ4n) is 4.09. The molecule has 0 saturated carbocycles. The van der Waals surface area contributed by atoms with Gasteiger partial charge in [-0.1, -0.05) is 105 Å². The zero-order valence-electron chi connectivity index (χ0n) is 41.5. The van der Waals surface area contributed by atoms with Crippen molar-refractivity contribution >= 4 is 94.1 Å². The predicted molar refractivity (Wildman–Crippen MR) is 289 cm³/mol. The van der Waals surface area contributed by atoms with Crippen molar-refractivity contribution in [2.45, 2.75) is 56.2 Å². The zero-order chi connectivity index (χ0) is 54.0. The molecular formula is C40H64Br2Cl2FN11NaO11PdS4+. The molecule has 0 heterocycles. The Morgan fingerprint density at radius 3 is 1.08 bits per heavy atom. The first-order chi connectivity index (χ1) is 32.7. The zero-order valence-corrected chi connectivity index (χ0v) is 52.0. The van der Waals surface area contributed by atoms with Crippen LogP contribution >= 0.6 is 54.9 Å². The number of hydrogen-bond acceptors (Lipinski definition) is 13. The molecule has 0 spiro atoms. The molecule has 0 fully saturated rings. The van der Waals surface area contributed by atoms with Crippen LogP contribution < -0.4 is 60.1 Å². The molecule has 73 heavy (non-hydrogen) atoms. The number of hydrogen-bond donors (Lipinski definition) is 7. The molecule has 1 aliphatic rings. The Balaban J connectivity index is -0.0000000972. The van der Waals surface area contributed by atoms with Gasteiger partial charge in [-0.15, -0.1) is 12.4 Å². The minimum Gasteiger partial charge on any atom is -0.412 e. The van der Waals surface area contributed by atoms with Crippen molar-refractivity contribution in [1.82, 2.24) is 19.1 Å². The fraction of sp³-hybridized carbons (Fsp3) is 0.300. The van der Waals surface area contributed by atoms with E-state index in [1.807, 2.05) is 0 Å². The molecule has 0 aliphatic heterocycles. The summed E-state index contributed by atoms with van der Waals surface area (Å²) in [7, 11) is -2.80. The minimum atomic E-state index is -3.57. The molecule has 13 N–H and O–H groups in total. The molecule has 414 valence electrons. The van der Waals surface area contributed by atoms with Gasteiger partial charge in [0.05, 0.1) is 28.1 Å². The number of nitrogens with zero attached hydrogens (tertiary/aromatic N) is 5. The van der Waals surface area contributed by atoms with Crippen molar-refractivity contribution < 1.29 is 105 Å². The number of halogens is 5. The number of aliphatic hydroxyl groups excluding tert-OH is 1. The van der Waals surface area contributed by atoms with E-state index in [0.717, 1.165) is 47.5 Å². The summed E-state index contributed by atoms with van der Waals surface area (Å²) in [4.78, 5) is 5.25. The number of rotatable bonds is 12. The average Bonchev–Trinajstić information content (AvgIpc) is 3.38. The Bertz CT molecular complexity index is 2510. The molecule has 4 aromatic carbocycles. The first kappa shape index (κ1) is 87.3. The van der Waals surface area contributed by atoms with Crippen LogP contribution in [0.2, 0.25) is 0 Å². The van der Waals surface area contributed by atoms with Gasteiger partial charge in [0.2, 0.25) is 35.0 Å². The maximum atomic E-state index is 11.3. The van der Waals surface area contributed by atoms with E-state index in [4.69, 9.17) is 39.5 Å². The summed E-state index contributed by atoms with van der Waals surface area (Å²) < 4.78 is 112. The van der Waals surface area contributed by atoms with Gasteiger partial charge in [0.1, 0.15) is 17.2 Å². The van der Waals surface area contributed by atoms with E-state index in [9.17, 15) is 38.1 Å². The molecule has 0 saturated heterocycles. The fourth-order valence-corrected chi connectivity index (χ4v) is 7.80. The van der Waals surface area contributed by atoms with Gasteiger partial charge in [-0.05, 0) is 112 Å². The van der Waals surface area contributed by atoms with E-state index in [0.29, 0.717) is 16.8 Å². The summed E-state index contributed by atoms with van der Waals surface area (Å²) in [5.74, 6) is 0. The van der Waals surface area contributed by atoms with Crippen LogP contribution in [-0.4, -0.2) is 92.2 Å². The molecule has 0 atom stereocenters. The van der Waals surface area contributed by atoms with Crippen LogP contribution in [0.4, 0.5) is 4.39 Å². The number of benzene rings is 4. The van der Waals surface area contributed by atoms with Gasteiger partial charge >= 0.3 is 29.6 Å². The van der Waals surface area contributed by atoms with Crippen molar-refractivity contribution in [3.63, 3.8) is 0 Å². The number of allylic oxidation sites excluding steroid dienone is 4. The van der Waals surface area contributed by atoms with Crippen LogP contribution in [-0.2, 0) is 83.3 Å². The van der Waals surface area contributed by atoms with Crippen LogP contribution in [0.25, 0.3) is 16.0 Å². The SMILES string of the molecule is C1=CCC=CC1.CN.CNS(=O)(=O)c1ccc(CBr)cc1.CNS(=O)(=O)c1ccc(CN)cc1.CNS(=O)(=O)c1ccc(CN=[N+]=N)cc1.CO.Cl.O.O.O=S(=O)(Cl)c1ccc(CBr)cc1.[2H]CF.[N-]=[N+]=[N-].[Na+].[Pd]. The maximum Gasteiger partial charge on any atom is 1.00 e. The van der Waals surface area contributed by atoms with E-state index in [1.54, 1.807) is 60.7 Å². The van der Waals surface area contributed by atoms with E-state index in [1.165, 1.54) is 69.5 Å². The van der Waals surface area contributed by atoms with E-state index in [2.05, 4.69) is 86.1 Å². The molecule has 0 unspecified atom stereocenters. The summed E-state index contributed by atoms with van der Waals surface area (Å²) in [5, 5.41) is 11.9. The second-order valence-corrected chi connectivity index (χ2v) is 20.9. The van der Waals surface area contributed by atoms with Crippen molar-refractivity contribution in [3.05, 3.63) is 160 Å². The van der Waals surface area contributed by atoms with E-state index < -0.39 is 46.3 Å². The van der Waals surface area contributed by atoms with Gasteiger partial charge in [0, 0.05) is 55.4 Å². The summed E-state index contributed by atoms with van der Waals surface area (Å²) in [5.41, 5.74) is 33.6. The standard InChI is InChI=1S/C8H10BrNO2S.C8H11N4O2S.C8H12N2O2S.C7H6BrClO2S.C6H8.CH3F.CH5N.CH4O.ClH.N3.Na.2H2O.Pd/c1-10-13(11,12)8-4-2-7(6-9)3-5-8;1-10-15(13,14)8-4-2-7(3-5-8)6-11-12-9;1-10-13(11,12)8-4-2-7(6-9)3-5-8;8-5-6-1-3-7(4-2-6)12(9,10)11;1-2-4-6-5-3-1;3*1-2;;1-3-2;;;;/h2-5,10H,6H2,1H3;2-5,9-10H,6H2,1H3;2-5,10H,6,9H2,1H3;1-4H,5H2;1-2,5-6H,3-4H2;1H3;2H2,1H3;2H,1H3;1H;;;2*1H2;/q;+1;;;;;;;;-1;+1;;;/i;;;;;1D;;;;;;;;. The Morgan fingerprint density at radius 2 is 0.890 bits per heavy atom. The topological polar surface area (TPSA) is 417 Å². The third kappa shape index (κ3) is 42.4. The summed E-state index contributed by atoms with van der Waals surface area (Å²) in [6.45, 7) is 0.698. The molecular weight excluding hydrogens is 1320 g/mol. The van der Waals surface area contributed by atoms with Crippen LogP contribution in [0.5, 0.6) is 0 Å². The monoisotopic (exact) mass is 1380 g/mol. The van der Waals surface area contributed by atoms with Gasteiger partial charge in [-0.3, -0.25) is 9.30 Å². The maximum absolute atomic E-state index is 11.3. The van der Waals surface area contributed by atoms with Gasteiger partial charge < -0.3 is 38.6 Å². The van der Waals surface area contributed by atoms with Gasteiger partial charge in [0.25, 0.3) is 9.05 Å². The largest absolute Gasteiger partial charge is 1.00 e. The van der Waals surface area contributed by atoms with Crippen LogP contribution in [0.15, 0.2) is 146 Å². The number of nitrogens with one attached hydrogen (secondary N) is 4. The van der Waals surface area contributed by atoms with E-state index in [-0.39, 0.29) is 94.6 Å². The smallest absolute Gasteiger partial charge is 0.412 e. The molecule has 0 aromatic heterocycles. The first-order valence-electron chi connectivity index (χ1n) is 19.5. The van der Waals surface area contributed by atoms with Crippen LogP contribution in [0, 0.1) is 5.53 Å². The Kier molecular flexibility index (Phi) is 65.0. The first-order valence-corrected chi connectivity index (χ1v) is 27.8. The molecule has 1 aliphatic carbocycles. The molecule has 33 heteroatoms. The summed E-state index contributed by atoms with van der Waals surface area (Å²) >= 11 is 6.53. The van der Waals surface area contributed by atoms with E-state index >= 15 is 0 Å². The van der Waals surface area contributed by atoms with Gasteiger partial charge in [-0.25, -0.2) is 47.8 Å². The molecule has 4 aromatic rings. The second-order valence-electron chi connectivity index (χ2n) is 11.5. The summed E-state index contributed by atoms with van der Waals surface area (Å²) in [6.07, 6.45) is 11.0. The van der Waals surface area contributed by atoms with Crippen LogP contribution in [0.1, 0.15) is 36.5 Å². The normalized spacial score (nSPS) is 10.3. The number of sulfonamides is 3. The Morgan fingerprint density at radius 1 is 0.658 bits per heavy atom. The number of aliphatic hydroxyl groups is 1. The molecule has 0 amide bonds. The molecule has 0 radical (unpaired) electrons. The van der Waals surface area contributed by atoms with Crippen molar-refractivity contribution in [2.24, 2.45) is 16.6 Å². The van der Waals surface area contributed by atoms with Crippen molar-refractivity contribution in [2.75, 3.05) is 42.5 Å². The van der Waals surface area contributed by atoms with Crippen LogP contribution in [0.3, 0.4) is 0 Å². The second kappa shape index (κ2) is 54.4. The van der Waals surface area contributed by atoms with Gasteiger partial charge in [-0.2, -0.15) is 0 Å². The summed E-state index contributed by atoms with van der Waals surface area (Å²) in [6, 6.07) is 25.8. The average molecular weight is 1380 g/mol. The van der Waals surface area contributed by atoms with Gasteiger partial charge in [0.15, 0.2) is 0 Å². The van der Waals surface area contributed by atoms with Crippen molar-refractivity contribution in [3.8, 4) is 0 Å². The third-order valence-corrected chi connectivity index (χ3v) is 14.4. The Labute approximate surface area is 494 Å². The number of alkyl halides is 3. The predicted octanol–water partition coefficient (Wildman–Crippen LogP) is 3.00. The molecule has 0 bridgehead atoms. The molecule has 5 rings (SSSR count). The number of nitrogens with two attached hydrogens (primary N) is 2. The Hall–Kier alpha value is -2.41. The quantitative estimate of drug-likeness (QED) is 0.0206.